The van der Waals surface area contributed by atoms with E-state index in [9.17, 15) is 5.21 Å². The number of nitrogens with one attached hydrogen (secondary N) is 1. The van der Waals surface area contributed by atoms with Crippen LogP contribution in [0.2, 0.25) is 0 Å². The van der Waals surface area contributed by atoms with Crippen molar-refractivity contribution < 1.29 is 9.80 Å². The normalized spacial score (nSPS) is 22.6. The molecule has 0 radical (unpaired) electrons. The van der Waals surface area contributed by atoms with Gasteiger partial charge in [-0.2, -0.15) is 5.26 Å². The summed E-state index contributed by atoms with van der Waals surface area (Å²) >= 11 is 0. The van der Waals surface area contributed by atoms with Gasteiger partial charge in [0.1, 0.15) is 18.3 Å². The zero-order valence-electron chi connectivity index (χ0n) is 7.76. The van der Waals surface area contributed by atoms with Gasteiger partial charge in [-0.05, 0) is 0 Å². The average molecular weight is 180 g/mol. The molecule has 1 unspecified atom stereocenters. The van der Waals surface area contributed by atoms with Crippen LogP contribution in [0.5, 0.6) is 0 Å². The van der Waals surface area contributed by atoms with Gasteiger partial charge in [-0.25, -0.2) is 0 Å². The van der Waals surface area contributed by atoms with Crippen LogP contribution in [0, 0.1) is 16.5 Å². The lowest BCUT2D eigenvalue weighted by Gasteiger charge is -2.26. The largest absolute Gasteiger partial charge is 0.629 e. The first-order valence-corrected chi connectivity index (χ1v) is 4.01. The van der Waals surface area contributed by atoms with E-state index in [2.05, 4.69) is 0 Å². The minimum atomic E-state index is 0.0244. The topological polar surface area (TPSA) is 60.5 Å². The number of allylic oxidation sites excluding steroid dienone is 1. The Labute approximate surface area is 77.3 Å². The van der Waals surface area contributed by atoms with Crippen molar-refractivity contribution >= 4 is 0 Å². The van der Waals surface area contributed by atoms with Crippen molar-refractivity contribution in [1.82, 2.24) is 0 Å². The molecule has 1 aliphatic heterocycles. The minimum absolute atomic E-state index is 0.0244. The summed E-state index contributed by atoms with van der Waals surface area (Å²) in [5, 5.41) is 20.0. The molecule has 1 rings (SSSR count). The van der Waals surface area contributed by atoms with Gasteiger partial charge in [0.25, 0.3) is 0 Å². The summed E-state index contributed by atoms with van der Waals surface area (Å²) in [6.07, 6.45) is 1.73. The molecule has 0 saturated heterocycles. The van der Waals surface area contributed by atoms with Gasteiger partial charge in [0.2, 0.25) is 0 Å². The lowest BCUT2D eigenvalue weighted by molar-refractivity contribution is -0.801. The lowest BCUT2D eigenvalue weighted by atomic mass is 10.1. The monoisotopic (exact) mass is 180 g/mol. The van der Waals surface area contributed by atoms with E-state index in [1.807, 2.05) is 6.07 Å². The van der Waals surface area contributed by atoms with Gasteiger partial charge in [-0.1, -0.05) is 0 Å². The Balaban J connectivity index is 2.93. The summed E-state index contributed by atoms with van der Waals surface area (Å²) in [6, 6.07) is 2.02. The Kier molecular flexibility index (Phi) is 3.20. The molecule has 0 aromatic carbocycles. The molecule has 4 nitrogen and oxygen atoms in total. The fourth-order valence-electron chi connectivity index (χ4n) is 1.24. The summed E-state index contributed by atoms with van der Waals surface area (Å²) < 4.78 is 4.93. The van der Waals surface area contributed by atoms with Crippen molar-refractivity contribution in [3.8, 4) is 6.07 Å². The molecule has 0 spiro atoms. The standard InChI is InChI=1S/C9H12N2O2/c1-7-3-8(6-13-2)9(4-10)5-11(7)12/h3,11H,5-6H2,1-2H3. The van der Waals surface area contributed by atoms with E-state index in [0.717, 1.165) is 5.57 Å². The summed E-state index contributed by atoms with van der Waals surface area (Å²) in [5.74, 6) is 0. The third kappa shape index (κ3) is 2.16. The molecule has 0 saturated carbocycles. The average Bonchev–Trinajstić information content (AvgIpc) is 2.11. The first-order valence-electron chi connectivity index (χ1n) is 4.01. The Bertz CT molecular complexity index is 299. The Hall–Kier alpha value is -1.15. The van der Waals surface area contributed by atoms with Crippen molar-refractivity contribution in [2.75, 3.05) is 20.3 Å². The predicted octanol–water partition coefficient (Wildman–Crippen LogP) is -0.247. The summed E-state index contributed by atoms with van der Waals surface area (Å²) in [4.78, 5) is 0. The Morgan fingerprint density at radius 3 is 3.00 bits per heavy atom. The number of hydroxylamine groups is 2. The SMILES string of the molecule is COCC1=C(C#N)C[NH+]([O-])C(C)=C1. The van der Waals surface area contributed by atoms with Crippen LogP contribution in [-0.4, -0.2) is 20.3 Å². The van der Waals surface area contributed by atoms with E-state index in [1.165, 1.54) is 0 Å². The number of methoxy groups -OCH3 is 1. The number of nitriles is 1. The number of quaternary nitrogens is 1. The van der Waals surface area contributed by atoms with E-state index in [-0.39, 0.29) is 11.6 Å². The third-order valence-electron chi connectivity index (χ3n) is 1.99. The number of nitrogens with zero attached hydrogens (tertiary/aromatic N) is 1. The van der Waals surface area contributed by atoms with Crippen LogP contribution in [0.3, 0.4) is 0 Å². The maximum Gasteiger partial charge on any atom is 0.117 e. The van der Waals surface area contributed by atoms with Gasteiger partial charge >= 0.3 is 0 Å². The first kappa shape index (κ1) is 9.93. The van der Waals surface area contributed by atoms with Crippen LogP contribution >= 0.6 is 0 Å². The molecule has 4 heteroatoms. The smallest absolute Gasteiger partial charge is 0.117 e. The van der Waals surface area contributed by atoms with E-state index in [1.54, 1.807) is 20.1 Å². The third-order valence-corrected chi connectivity index (χ3v) is 1.99. The zero-order chi connectivity index (χ0) is 9.84. The van der Waals surface area contributed by atoms with Gasteiger partial charge in [0, 0.05) is 25.7 Å². The zero-order valence-corrected chi connectivity index (χ0v) is 7.76. The van der Waals surface area contributed by atoms with Gasteiger partial charge < -0.3 is 15.0 Å². The molecule has 0 aromatic rings. The highest BCUT2D eigenvalue weighted by Crippen LogP contribution is 2.09. The quantitative estimate of drug-likeness (QED) is 0.596. The highest BCUT2D eigenvalue weighted by Gasteiger charge is 2.16. The fraction of sp³-hybridized carbons (Fsp3) is 0.444. The second kappa shape index (κ2) is 4.19. The minimum Gasteiger partial charge on any atom is -0.629 e. The molecule has 0 aliphatic carbocycles. The molecule has 70 valence electrons. The Morgan fingerprint density at radius 1 is 1.77 bits per heavy atom. The molecule has 1 N–H and O–H groups in total. The van der Waals surface area contributed by atoms with Gasteiger partial charge in [-0.15, -0.1) is 0 Å². The van der Waals surface area contributed by atoms with Crippen molar-refractivity contribution in [2.45, 2.75) is 6.92 Å². The predicted molar refractivity (Wildman–Crippen MR) is 47.5 cm³/mol. The van der Waals surface area contributed by atoms with Crippen LogP contribution in [0.1, 0.15) is 6.92 Å². The summed E-state index contributed by atoms with van der Waals surface area (Å²) in [6.45, 7) is 2.37. The molecule has 0 bridgehead atoms. The van der Waals surface area contributed by atoms with E-state index < -0.39 is 0 Å². The number of ether oxygens (including phenoxy) is 1. The van der Waals surface area contributed by atoms with Gasteiger partial charge in [0.15, 0.2) is 0 Å². The molecular formula is C9H12N2O2. The van der Waals surface area contributed by atoms with Crippen LogP contribution in [0.15, 0.2) is 22.9 Å². The van der Waals surface area contributed by atoms with Crippen molar-refractivity contribution in [3.05, 3.63) is 28.1 Å². The van der Waals surface area contributed by atoms with E-state index >= 15 is 0 Å². The molecule has 0 aromatic heterocycles. The fourth-order valence-corrected chi connectivity index (χ4v) is 1.24. The maximum absolute atomic E-state index is 11.2. The van der Waals surface area contributed by atoms with E-state index in [4.69, 9.17) is 10.00 Å². The van der Waals surface area contributed by atoms with E-state index in [0.29, 0.717) is 17.9 Å². The van der Waals surface area contributed by atoms with Crippen molar-refractivity contribution in [1.29, 1.82) is 5.26 Å². The highest BCUT2D eigenvalue weighted by molar-refractivity contribution is 5.38. The number of rotatable bonds is 2. The lowest BCUT2D eigenvalue weighted by Crippen LogP contribution is -3.05. The second-order valence-electron chi connectivity index (χ2n) is 2.98. The second-order valence-corrected chi connectivity index (χ2v) is 2.98. The molecule has 0 fully saturated rings. The Morgan fingerprint density at radius 2 is 2.46 bits per heavy atom. The molecular weight excluding hydrogens is 168 g/mol. The first-order chi connectivity index (χ1) is 6.19. The van der Waals surface area contributed by atoms with Crippen LogP contribution in [-0.2, 0) is 4.74 Å². The van der Waals surface area contributed by atoms with Crippen LogP contribution < -0.4 is 5.06 Å². The molecule has 0 amide bonds. The van der Waals surface area contributed by atoms with Gasteiger partial charge in [0.05, 0.1) is 12.2 Å². The molecule has 13 heavy (non-hydrogen) atoms. The molecule has 1 atom stereocenters. The van der Waals surface area contributed by atoms with Crippen LogP contribution in [0.4, 0.5) is 0 Å². The summed E-state index contributed by atoms with van der Waals surface area (Å²) in [5.41, 5.74) is 2.05. The number of hydrogen-bond donors (Lipinski definition) is 1. The van der Waals surface area contributed by atoms with Crippen molar-refractivity contribution in [2.24, 2.45) is 0 Å². The maximum atomic E-state index is 11.2. The molecule has 1 aliphatic rings. The van der Waals surface area contributed by atoms with Crippen molar-refractivity contribution in [3.63, 3.8) is 0 Å². The molecule has 1 heterocycles. The van der Waals surface area contributed by atoms with Crippen LogP contribution in [0.25, 0.3) is 0 Å². The highest BCUT2D eigenvalue weighted by atomic mass is 16.5. The number of hydrogen-bond acceptors (Lipinski definition) is 3. The van der Waals surface area contributed by atoms with Gasteiger partial charge in [-0.3, -0.25) is 0 Å². The summed E-state index contributed by atoms with van der Waals surface area (Å²) in [7, 11) is 1.57.